The summed E-state index contributed by atoms with van der Waals surface area (Å²) in [7, 11) is 0. The second-order valence-electron chi connectivity index (χ2n) is 5.47. The second kappa shape index (κ2) is 9.67. The highest BCUT2D eigenvalue weighted by Crippen LogP contribution is 2.10. The average molecular weight is 333 g/mol. The number of rotatable bonds is 9. The Morgan fingerprint density at radius 3 is 2.38 bits per heavy atom. The normalized spacial score (nSPS) is 14.1. The van der Waals surface area contributed by atoms with E-state index in [-0.39, 0.29) is 31.0 Å². The molecule has 7 nitrogen and oxygen atoms in total. The SMILES string of the molecule is O=C(NCCOCCN1C(=O)CCC1=O)NCCc1ccccc1. The molecule has 1 heterocycles. The van der Waals surface area contributed by atoms with Gasteiger partial charge in [-0.25, -0.2) is 4.79 Å². The van der Waals surface area contributed by atoms with Crippen molar-refractivity contribution >= 4 is 17.8 Å². The van der Waals surface area contributed by atoms with E-state index in [9.17, 15) is 14.4 Å². The van der Waals surface area contributed by atoms with Crippen LogP contribution in [0.4, 0.5) is 4.79 Å². The number of hydrogen-bond donors (Lipinski definition) is 2. The van der Waals surface area contributed by atoms with Crippen molar-refractivity contribution in [3.63, 3.8) is 0 Å². The molecule has 0 unspecified atom stereocenters. The summed E-state index contributed by atoms with van der Waals surface area (Å²) in [4.78, 5) is 35.6. The molecule has 0 aliphatic carbocycles. The summed E-state index contributed by atoms with van der Waals surface area (Å²) in [6.45, 7) is 1.84. The average Bonchev–Trinajstić information content (AvgIpc) is 2.90. The molecule has 0 saturated carbocycles. The molecule has 1 saturated heterocycles. The molecule has 1 fully saturated rings. The fourth-order valence-electron chi connectivity index (χ4n) is 2.39. The number of urea groups is 1. The molecule has 0 bridgehead atoms. The van der Waals surface area contributed by atoms with Gasteiger partial charge in [-0.05, 0) is 12.0 Å². The molecule has 24 heavy (non-hydrogen) atoms. The maximum atomic E-state index is 11.6. The molecular formula is C17H23N3O4. The van der Waals surface area contributed by atoms with Crippen molar-refractivity contribution in [1.29, 1.82) is 0 Å². The number of likely N-dealkylation sites (tertiary alicyclic amines) is 1. The van der Waals surface area contributed by atoms with Crippen molar-refractivity contribution in [3.05, 3.63) is 35.9 Å². The summed E-state index contributed by atoms with van der Waals surface area (Å²) in [5.41, 5.74) is 1.17. The number of carbonyl (C=O) groups is 3. The van der Waals surface area contributed by atoms with Gasteiger partial charge >= 0.3 is 6.03 Å². The Morgan fingerprint density at radius 2 is 1.67 bits per heavy atom. The minimum absolute atomic E-state index is 0.139. The van der Waals surface area contributed by atoms with Crippen LogP contribution in [0, 0.1) is 0 Å². The topological polar surface area (TPSA) is 87.7 Å². The first-order chi connectivity index (χ1) is 11.7. The minimum atomic E-state index is -0.237. The Labute approximate surface area is 141 Å². The number of benzene rings is 1. The summed E-state index contributed by atoms with van der Waals surface area (Å²) in [5, 5.41) is 5.47. The van der Waals surface area contributed by atoms with Crippen LogP contribution in [0.2, 0.25) is 0 Å². The predicted molar refractivity (Wildman–Crippen MR) is 88.3 cm³/mol. The van der Waals surface area contributed by atoms with Gasteiger partial charge in [-0.1, -0.05) is 30.3 Å². The zero-order chi connectivity index (χ0) is 17.2. The molecule has 1 aliphatic heterocycles. The number of imide groups is 1. The maximum Gasteiger partial charge on any atom is 0.314 e. The van der Waals surface area contributed by atoms with Crippen molar-refractivity contribution in [2.45, 2.75) is 19.3 Å². The minimum Gasteiger partial charge on any atom is -0.378 e. The Balaban J connectivity index is 1.46. The summed E-state index contributed by atoms with van der Waals surface area (Å²) in [5.74, 6) is -0.279. The van der Waals surface area contributed by atoms with E-state index in [0.29, 0.717) is 32.5 Å². The van der Waals surface area contributed by atoms with Crippen LogP contribution in [0.25, 0.3) is 0 Å². The zero-order valence-corrected chi connectivity index (χ0v) is 13.6. The maximum absolute atomic E-state index is 11.6. The molecule has 1 aromatic rings. The molecule has 4 amide bonds. The van der Waals surface area contributed by atoms with Gasteiger partial charge in [0, 0.05) is 25.9 Å². The van der Waals surface area contributed by atoms with Crippen LogP contribution >= 0.6 is 0 Å². The lowest BCUT2D eigenvalue weighted by molar-refractivity contribution is -0.139. The molecule has 0 spiro atoms. The molecule has 2 rings (SSSR count). The summed E-state index contributed by atoms with van der Waals surface area (Å²) < 4.78 is 5.33. The fraction of sp³-hybridized carbons (Fsp3) is 0.471. The molecule has 1 aliphatic rings. The lowest BCUT2D eigenvalue weighted by Crippen LogP contribution is -2.38. The molecule has 2 N–H and O–H groups in total. The Hall–Kier alpha value is -2.41. The molecular weight excluding hydrogens is 310 g/mol. The van der Waals surface area contributed by atoms with Crippen molar-refractivity contribution in [1.82, 2.24) is 15.5 Å². The number of ether oxygens (including phenoxy) is 1. The van der Waals surface area contributed by atoms with Crippen LogP contribution in [0.3, 0.4) is 0 Å². The summed E-state index contributed by atoms with van der Waals surface area (Å²) in [6.07, 6.45) is 1.37. The third kappa shape index (κ3) is 6.00. The number of nitrogens with one attached hydrogen (secondary N) is 2. The standard InChI is InChI=1S/C17H23N3O4/c21-15-6-7-16(22)20(15)11-13-24-12-10-19-17(23)18-9-8-14-4-2-1-3-5-14/h1-5H,6-13H2,(H2,18,19,23). The number of hydrogen-bond acceptors (Lipinski definition) is 4. The Bertz CT molecular complexity index is 546. The number of carbonyl (C=O) groups excluding carboxylic acids is 3. The van der Waals surface area contributed by atoms with Crippen LogP contribution in [0.5, 0.6) is 0 Å². The Kier molecular flexibility index (Phi) is 7.22. The summed E-state index contributed by atoms with van der Waals surface area (Å²) >= 11 is 0. The van der Waals surface area contributed by atoms with Gasteiger partial charge in [0.1, 0.15) is 0 Å². The van der Waals surface area contributed by atoms with Gasteiger partial charge in [0.2, 0.25) is 11.8 Å². The van der Waals surface area contributed by atoms with Crippen molar-refractivity contribution in [2.75, 3.05) is 32.8 Å². The monoisotopic (exact) mass is 333 g/mol. The van der Waals surface area contributed by atoms with E-state index in [1.54, 1.807) is 0 Å². The van der Waals surface area contributed by atoms with Crippen LogP contribution in [0.15, 0.2) is 30.3 Å². The van der Waals surface area contributed by atoms with E-state index in [1.807, 2.05) is 30.3 Å². The lowest BCUT2D eigenvalue weighted by Gasteiger charge is -2.13. The first-order valence-corrected chi connectivity index (χ1v) is 8.13. The van der Waals surface area contributed by atoms with E-state index in [1.165, 1.54) is 10.5 Å². The first-order valence-electron chi connectivity index (χ1n) is 8.13. The molecule has 130 valence electrons. The van der Waals surface area contributed by atoms with Crippen molar-refractivity contribution < 1.29 is 19.1 Å². The third-order valence-corrected chi connectivity index (χ3v) is 3.69. The summed E-state index contributed by atoms with van der Waals surface area (Å²) in [6, 6.07) is 9.69. The van der Waals surface area contributed by atoms with Gasteiger partial charge in [0.25, 0.3) is 0 Å². The van der Waals surface area contributed by atoms with Gasteiger partial charge in [-0.15, -0.1) is 0 Å². The fourth-order valence-corrected chi connectivity index (χ4v) is 2.39. The van der Waals surface area contributed by atoms with Gasteiger partial charge in [-0.2, -0.15) is 0 Å². The highest BCUT2D eigenvalue weighted by Gasteiger charge is 2.28. The van der Waals surface area contributed by atoms with Crippen LogP contribution in [0.1, 0.15) is 18.4 Å². The quantitative estimate of drug-likeness (QED) is 0.514. The van der Waals surface area contributed by atoms with Gasteiger partial charge in [0.05, 0.1) is 19.8 Å². The molecule has 0 atom stereocenters. The van der Waals surface area contributed by atoms with E-state index >= 15 is 0 Å². The van der Waals surface area contributed by atoms with E-state index < -0.39 is 0 Å². The molecule has 7 heteroatoms. The predicted octanol–water partition coefficient (Wildman–Crippen LogP) is 0.694. The molecule has 1 aromatic carbocycles. The smallest absolute Gasteiger partial charge is 0.314 e. The van der Waals surface area contributed by atoms with Crippen LogP contribution in [-0.4, -0.2) is 55.6 Å². The van der Waals surface area contributed by atoms with Crippen molar-refractivity contribution in [2.24, 2.45) is 0 Å². The lowest BCUT2D eigenvalue weighted by atomic mass is 10.1. The van der Waals surface area contributed by atoms with Crippen LogP contribution < -0.4 is 10.6 Å². The third-order valence-electron chi connectivity index (χ3n) is 3.69. The van der Waals surface area contributed by atoms with Crippen molar-refractivity contribution in [3.8, 4) is 0 Å². The zero-order valence-electron chi connectivity index (χ0n) is 13.6. The van der Waals surface area contributed by atoms with Crippen LogP contribution in [-0.2, 0) is 20.7 Å². The van der Waals surface area contributed by atoms with E-state index in [4.69, 9.17) is 4.74 Å². The van der Waals surface area contributed by atoms with Gasteiger partial charge < -0.3 is 15.4 Å². The molecule has 0 radical (unpaired) electrons. The first kappa shape index (κ1) is 17.9. The Morgan fingerprint density at radius 1 is 1.00 bits per heavy atom. The number of nitrogens with zero attached hydrogens (tertiary/aromatic N) is 1. The largest absolute Gasteiger partial charge is 0.378 e. The van der Waals surface area contributed by atoms with Gasteiger partial charge in [0.15, 0.2) is 0 Å². The van der Waals surface area contributed by atoms with E-state index in [2.05, 4.69) is 10.6 Å². The molecule has 0 aromatic heterocycles. The van der Waals surface area contributed by atoms with Gasteiger partial charge in [-0.3, -0.25) is 14.5 Å². The second-order valence-corrected chi connectivity index (χ2v) is 5.47. The van der Waals surface area contributed by atoms with E-state index in [0.717, 1.165) is 6.42 Å². The highest BCUT2D eigenvalue weighted by molar-refractivity contribution is 6.01. The number of amides is 4. The highest BCUT2D eigenvalue weighted by atomic mass is 16.5.